The van der Waals surface area contributed by atoms with Crippen molar-refractivity contribution in [3.8, 4) is 0 Å². The summed E-state index contributed by atoms with van der Waals surface area (Å²) in [5, 5.41) is 7.29. The van der Waals surface area contributed by atoms with Gasteiger partial charge in [0.15, 0.2) is 0 Å². The summed E-state index contributed by atoms with van der Waals surface area (Å²) in [7, 11) is 0. The van der Waals surface area contributed by atoms with Crippen LogP contribution in [0, 0.1) is 0 Å². The average molecular weight is 392 g/mol. The molecule has 0 radical (unpaired) electrons. The van der Waals surface area contributed by atoms with Gasteiger partial charge < -0.3 is 14.9 Å². The highest BCUT2D eigenvalue weighted by Gasteiger charge is 2.36. The molecule has 1 saturated heterocycles. The third kappa shape index (κ3) is 4.85. The minimum absolute atomic E-state index is 0.0785. The largest absolute Gasteiger partial charge is 0.382 e. The molecule has 5 heteroatoms. The predicted octanol–water partition coefficient (Wildman–Crippen LogP) is 3.63. The number of hydrogen-bond donors (Lipinski definition) is 1. The van der Waals surface area contributed by atoms with Crippen LogP contribution in [0.1, 0.15) is 36.8 Å². The lowest BCUT2D eigenvalue weighted by atomic mass is 9.74. The van der Waals surface area contributed by atoms with Crippen LogP contribution in [-0.2, 0) is 26.2 Å². The van der Waals surface area contributed by atoms with Crippen LogP contribution in [0.4, 0.5) is 0 Å². The molecule has 2 heterocycles. The Hall–Kier alpha value is -2.66. The molecule has 0 spiro atoms. The van der Waals surface area contributed by atoms with Gasteiger partial charge in [-0.05, 0) is 36.8 Å². The topological polar surface area (TPSA) is 59.9 Å². The van der Waals surface area contributed by atoms with E-state index in [2.05, 4.69) is 46.9 Å². The van der Waals surface area contributed by atoms with E-state index >= 15 is 0 Å². The van der Waals surface area contributed by atoms with Gasteiger partial charge in [0.05, 0.1) is 5.71 Å². The smallest absolute Gasteiger partial charge is 0.264 e. The number of amides is 1. The van der Waals surface area contributed by atoms with Gasteiger partial charge in [-0.2, -0.15) is 0 Å². The molecular weight excluding hydrogens is 364 g/mol. The number of carbonyl (C=O) groups is 1. The Balaban J connectivity index is 1.30. The van der Waals surface area contributed by atoms with Crippen molar-refractivity contribution in [1.82, 2.24) is 5.32 Å². The van der Waals surface area contributed by atoms with E-state index in [0.717, 1.165) is 44.6 Å². The minimum atomic E-state index is -0.520. The minimum Gasteiger partial charge on any atom is -0.382 e. The third-order valence-electron chi connectivity index (χ3n) is 6.00. The van der Waals surface area contributed by atoms with E-state index in [-0.39, 0.29) is 11.3 Å². The van der Waals surface area contributed by atoms with Crippen molar-refractivity contribution in [2.45, 2.75) is 43.6 Å². The predicted molar refractivity (Wildman–Crippen MR) is 113 cm³/mol. The van der Waals surface area contributed by atoms with Crippen molar-refractivity contribution >= 4 is 11.6 Å². The molecule has 1 fully saturated rings. The zero-order valence-corrected chi connectivity index (χ0v) is 16.7. The van der Waals surface area contributed by atoms with Gasteiger partial charge in [0.2, 0.25) is 6.10 Å². The zero-order valence-electron chi connectivity index (χ0n) is 16.7. The van der Waals surface area contributed by atoms with Crippen LogP contribution in [0.25, 0.3) is 0 Å². The van der Waals surface area contributed by atoms with Crippen LogP contribution in [-0.4, -0.2) is 37.5 Å². The van der Waals surface area contributed by atoms with E-state index < -0.39 is 6.10 Å². The molecule has 0 aromatic heterocycles. The number of benzene rings is 2. The number of aryl methyl sites for hydroxylation is 1. The molecule has 0 aliphatic carbocycles. The van der Waals surface area contributed by atoms with Gasteiger partial charge in [0.25, 0.3) is 5.91 Å². The highest BCUT2D eigenvalue weighted by Crippen LogP contribution is 2.34. The molecular formula is C24H28N2O3. The fourth-order valence-corrected chi connectivity index (χ4v) is 4.14. The lowest BCUT2D eigenvalue weighted by molar-refractivity contribution is -0.131. The molecule has 1 atom stereocenters. The number of nitrogens with zero attached hydrogens (tertiary/aromatic N) is 1. The Morgan fingerprint density at radius 1 is 1.00 bits per heavy atom. The molecule has 2 aromatic rings. The summed E-state index contributed by atoms with van der Waals surface area (Å²) in [4.78, 5) is 18.2. The zero-order chi connectivity index (χ0) is 19.9. The van der Waals surface area contributed by atoms with Crippen molar-refractivity contribution in [3.05, 3.63) is 71.8 Å². The summed E-state index contributed by atoms with van der Waals surface area (Å²) >= 11 is 0. The Kier molecular flexibility index (Phi) is 6.25. The monoisotopic (exact) mass is 392 g/mol. The first-order valence-corrected chi connectivity index (χ1v) is 10.4. The van der Waals surface area contributed by atoms with Gasteiger partial charge in [0.1, 0.15) is 0 Å². The first kappa shape index (κ1) is 19.6. The molecule has 2 aromatic carbocycles. The highest BCUT2D eigenvalue weighted by atomic mass is 16.6. The van der Waals surface area contributed by atoms with Gasteiger partial charge in [0, 0.05) is 31.6 Å². The van der Waals surface area contributed by atoms with E-state index in [9.17, 15) is 4.79 Å². The Morgan fingerprint density at radius 3 is 2.41 bits per heavy atom. The maximum absolute atomic E-state index is 12.7. The molecule has 2 aliphatic rings. The first-order valence-electron chi connectivity index (χ1n) is 10.4. The highest BCUT2D eigenvalue weighted by molar-refractivity contribution is 5.93. The molecule has 152 valence electrons. The Morgan fingerprint density at radius 2 is 1.69 bits per heavy atom. The number of carbonyl (C=O) groups excluding carboxylic acids is 1. The SMILES string of the molecule is O=C(NCC1(c2ccccc2)CCOCC1)C1CC(CCc2ccccc2)=NO1. The summed E-state index contributed by atoms with van der Waals surface area (Å²) in [6.07, 6.45) is 3.59. The maximum atomic E-state index is 12.7. The number of rotatable bonds is 7. The Bertz CT molecular complexity index is 830. The maximum Gasteiger partial charge on any atom is 0.264 e. The van der Waals surface area contributed by atoms with Crippen LogP contribution < -0.4 is 5.32 Å². The molecule has 2 aliphatic heterocycles. The van der Waals surface area contributed by atoms with Gasteiger partial charge in [-0.15, -0.1) is 0 Å². The molecule has 0 bridgehead atoms. The molecule has 1 amide bonds. The van der Waals surface area contributed by atoms with Crippen molar-refractivity contribution in [1.29, 1.82) is 0 Å². The summed E-state index contributed by atoms with van der Waals surface area (Å²) in [6, 6.07) is 20.7. The van der Waals surface area contributed by atoms with E-state index in [1.165, 1.54) is 11.1 Å². The van der Waals surface area contributed by atoms with Crippen LogP contribution >= 0.6 is 0 Å². The number of ether oxygens (including phenoxy) is 1. The van der Waals surface area contributed by atoms with E-state index in [4.69, 9.17) is 9.57 Å². The van der Waals surface area contributed by atoms with Crippen LogP contribution in [0.2, 0.25) is 0 Å². The van der Waals surface area contributed by atoms with Crippen LogP contribution in [0.15, 0.2) is 65.8 Å². The average Bonchev–Trinajstić information content (AvgIpc) is 3.27. The second-order valence-electron chi connectivity index (χ2n) is 7.92. The molecule has 0 saturated carbocycles. The first-order chi connectivity index (χ1) is 14.3. The molecule has 1 N–H and O–H groups in total. The van der Waals surface area contributed by atoms with Crippen molar-refractivity contribution in [2.75, 3.05) is 19.8 Å². The fraction of sp³-hybridized carbons (Fsp3) is 0.417. The molecule has 1 unspecified atom stereocenters. The summed E-state index contributed by atoms with van der Waals surface area (Å²) < 4.78 is 5.57. The van der Waals surface area contributed by atoms with Crippen LogP contribution in [0.5, 0.6) is 0 Å². The normalized spacial score (nSPS) is 20.6. The second kappa shape index (κ2) is 9.23. The van der Waals surface area contributed by atoms with Crippen molar-refractivity contribution in [3.63, 3.8) is 0 Å². The van der Waals surface area contributed by atoms with E-state index in [0.29, 0.717) is 13.0 Å². The van der Waals surface area contributed by atoms with Gasteiger partial charge >= 0.3 is 0 Å². The fourth-order valence-electron chi connectivity index (χ4n) is 4.14. The van der Waals surface area contributed by atoms with E-state index in [1.54, 1.807) is 0 Å². The third-order valence-corrected chi connectivity index (χ3v) is 6.00. The molecule has 4 rings (SSSR count). The van der Waals surface area contributed by atoms with Crippen molar-refractivity contribution < 1.29 is 14.4 Å². The molecule has 5 nitrogen and oxygen atoms in total. The molecule has 29 heavy (non-hydrogen) atoms. The number of nitrogens with one attached hydrogen (secondary N) is 1. The van der Waals surface area contributed by atoms with Gasteiger partial charge in [-0.25, -0.2) is 0 Å². The van der Waals surface area contributed by atoms with Gasteiger partial charge in [-0.3, -0.25) is 4.79 Å². The summed E-state index contributed by atoms with van der Waals surface area (Å²) in [5.41, 5.74) is 3.41. The summed E-state index contributed by atoms with van der Waals surface area (Å²) in [6.45, 7) is 2.04. The lowest BCUT2D eigenvalue weighted by Crippen LogP contribution is -2.47. The standard InChI is InChI=1S/C24H28N2O3/c27-23(22-17-21(26-29-22)12-11-19-7-3-1-4-8-19)25-18-24(13-15-28-16-14-24)20-9-5-2-6-10-20/h1-10,22H,11-18H2,(H,25,27). The van der Waals surface area contributed by atoms with Crippen molar-refractivity contribution in [2.24, 2.45) is 5.16 Å². The quantitative estimate of drug-likeness (QED) is 0.783. The van der Waals surface area contributed by atoms with E-state index in [1.807, 2.05) is 24.3 Å². The van der Waals surface area contributed by atoms with Gasteiger partial charge in [-0.1, -0.05) is 65.8 Å². The second-order valence-corrected chi connectivity index (χ2v) is 7.92. The number of hydrogen-bond acceptors (Lipinski definition) is 4. The number of oxime groups is 1. The lowest BCUT2D eigenvalue weighted by Gasteiger charge is -2.38. The van der Waals surface area contributed by atoms with Crippen LogP contribution in [0.3, 0.4) is 0 Å². The Labute approximate surface area is 172 Å². The summed E-state index contributed by atoms with van der Waals surface area (Å²) in [5.74, 6) is -0.0785.